The van der Waals surface area contributed by atoms with Crippen molar-refractivity contribution < 1.29 is 5.11 Å². The minimum Gasteiger partial charge on any atom is -0.508 e. The maximum absolute atomic E-state index is 10.4. The van der Waals surface area contributed by atoms with Gasteiger partial charge in [-0.3, -0.25) is 0 Å². The fourth-order valence-corrected chi connectivity index (χ4v) is 3.74. The molecule has 0 bridgehead atoms. The van der Waals surface area contributed by atoms with Crippen molar-refractivity contribution in [1.82, 2.24) is 0 Å². The number of hydrogen-bond donors (Lipinski definition) is 1. The van der Waals surface area contributed by atoms with Crippen molar-refractivity contribution in [2.45, 2.75) is 18.3 Å². The summed E-state index contributed by atoms with van der Waals surface area (Å²) in [5.41, 5.74) is 4.97. The zero-order valence-corrected chi connectivity index (χ0v) is 13.5. The molecule has 0 saturated carbocycles. The van der Waals surface area contributed by atoms with E-state index >= 15 is 0 Å². The Kier molecular flexibility index (Phi) is 3.92. The van der Waals surface area contributed by atoms with E-state index in [9.17, 15) is 5.11 Å². The molecular weight excluding hydrogens is 292 g/mol. The van der Waals surface area contributed by atoms with Crippen molar-refractivity contribution in [3.63, 3.8) is 0 Å². The number of allylic oxidation sites excluding steroid dienone is 2. The van der Waals surface area contributed by atoms with Crippen LogP contribution in [0.3, 0.4) is 0 Å². The Hall–Kier alpha value is -2.80. The molecule has 4 rings (SSSR count). The predicted octanol–water partition coefficient (Wildman–Crippen LogP) is 5.75. The zero-order valence-electron chi connectivity index (χ0n) is 13.5. The van der Waals surface area contributed by atoms with Gasteiger partial charge in [-0.1, -0.05) is 84.9 Å². The summed E-state index contributed by atoms with van der Waals surface area (Å²) in [6.45, 7) is 0. The topological polar surface area (TPSA) is 20.2 Å². The monoisotopic (exact) mass is 312 g/mol. The SMILES string of the molecule is Oc1ccccc1C1CC(c2ccccc2)=CC1c1ccccc1. The van der Waals surface area contributed by atoms with Crippen LogP contribution < -0.4 is 0 Å². The number of phenols is 1. The molecule has 1 aliphatic rings. The van der Waals surface area contributed by atoms with Crippen LogP contribution in [0.5, 0.6) is 5.75 Å². The lowest BCUT2D eigenvalue weighted by molar-refractivity contribution is 0.459. The summed E-state index contributed by atoms with van der Waals surface area (Å²) >= 11 is 0. The van der Waals surface area contributed by atoms with Crippen molar-refractivity contribution in [2.24, 2.45) is 0 Å². The van der Waals surface area contributed by atoms with Gasteiger partial charge >= 0.3 is 0 Å². The lowest BCUT2D eigenvalue weighted by atomic mass is 9.83. The first-order valence-electron chi connectivity index (χ1n) is 8.42. The molecule has 24 heavy (non-hydrogen) atoms. The summed E-state index contributed by atoms with van der Waals surface area (Å²) in [6, 6.07) is 28.9. The maximum atomic E-state index is 10.4. The van der Waals surface area contributed by atoms with Gasteiger partial charge in [0.25, 0.3) is 0 Å². The average Bonchev–Trinajstić information content (AvgIpc) is 3.09. The van der Waals surface area contributed by atoms with E-state index in [2.05, 4.69) is 66.7 Å². The highest BCUT2D eigenvalue weighted by Crippen LogP contribution is 2.49. The predicted molar refractivity (Wildman–Crippen MR) is 99.1 cm³/mol. The van der Waals surface area contributed by atoms with E-state index in [-0.39, 0.29) is 11.8 Å². The Morgan fingerprint density at radius 1 is 0.708 bits per heavy atom. The fraction of sp³-hybridized carbons (Fsp3) is 0.130. The van der Waals surface area contributed by atoms with Gasteiger partial charge in [-0.05, 0) is 34.8 Å². The van der Waals surface area contributed by atoms with Crippen molar-refractivity contribution in [1.29, 1.82) is 0 Å². The minimum absolute atomic E-state index is 0.267. The van der Waals surface area contributed by atoms with Crippen LogP contribution in [-0.2, 0) is 0 Å². The smallest absolute Gasteiger partial charge is 0.119 e. The molecule has 2 atom stereocenters. The third-order valence-electron chi connectivity index (χ3n) is 4.92. The second-order valence-electron chi connectivity index (χ2n) is 6.36. The van der Waals surface area contributed by atoms with Crippen LogP contribution in [0.2, 0.25) is 0 Å². The van der Waals surface area contributed by atoms with Gasteiger partial charge in [-0.2, -0.15) is 0 Å². The summed E-state index contributed by atoms with van der Waals surface area (Å²) in [7, 11) is 0. The fourth-order valence-electron chi connectivity index (χ4n) is 3.74. The van der Waals surface area contributed by atoms with E-state index in [1.54, 1.807) is 6.07 Å². The second-order valence-corrected chi connectivity index (χ2v) is 6.36. The average molecular weight is 312 g/mol. The highest BCUT2D eigenvalue weighted by molar-refractivity contribution is 5.71. The largest absolute Gasteiger partial charge is 0.508 e. The lowest BCUT2D eigenvalue weighted by Crippen LogP contribution is -2.05. The summed E-state index contributed by atoms with van der Waals surface area (Å²) in [4.78, 5) is 0. The van der Waals surface area contributed by atoms with Gasteiger partial charge < -0.3 is 5.11 Å². The van der Waals surface area contributed by atoms with Crippen molar-refractivity contribution >= 4 is 5.57 Å². The van der Waals surface area contributed by atoms with Crippen molar-refractivity contribution in [2.75, 3.05) is 0 Å². The van der Waals surface area contributed by atoms with Crippen LogP contribution in [0.25, 0.3) is 5.57 Å². The van der Waals surface area contributed by atoms with Crippen LogP contribution in [0.4, 0.5) is 0 Å². The summed E-state index contributed by atoms with van der Waals surface area (Å²) in [5.74, 6) is 0.949. The van der Waals surface area contributed by atoms with Gasteiger partial charge in [0.05, 0.1) is 0 Å². The number of aromatic hydroxyl groups is 1. The summed E-state index contributed by atoms with van der Waals surface area (Å²) in [6.07, 6.45) is 3.32. The molecule has 1 nitrogen and oxygen atoms in total. The summed E-state index contributed by atoms with van der Waals surface area (Å²) < 4.78 is 0. The van der Waals surface area contributed by atoms with E-state index in [0.29, 0.717) is 5.75 Å². The molecule has 0 radical (unpaired) electrons. The number of benzene rings is 3. The molecular formula is C23H20O. The van der Waals surface area contributed by atoms with Gasteiger partial charge in [0.1, 0.15) is 5.75 Å². The van der Waals surface area contributed by atoms with Gasteiger partial charge in [-0.15, -0.1) is 0 Å². The Morgan fingerprint density at radius 2 is 1.33 bits per heavy atom. The number of para-hydroxylation sites is 1. The molecule has 0 aliphatic heterocycles. The molecule has 1 N–H and O–H groups in total. The van der Waals surface area contributed by atoms with Gasteiger partial charge in [-0.25, -0.2) is 0 Å². The third kappa shape index (κ3) is 2.74. The van der Waals surface area contributed by atoms with E-state index < -0.39 is 0 Å². The summed E-state index contributed by atoms with van der Waals surface area (Å²) in [5, 5.41) is 10.4. The normalized spacial score (nSPS) is 19.9. The van der Waals surface area contributed by atoms with Crippen molar-refractivity contribution in [3.05, 3.63) is 108 Å². The minimum atomic E-state index is 0.267. The maximum Gasteiger partial charge on any atom is 0.119 e. The van der Waals surface area contributed by atoms with Crippen molar-refractivity contribution in [3.8, 4) is 5.75 Å². The Morgan fingerprint density at radius 3 is 2.04 bits per heavy atom. The van der Waals surface area contributed by atoms with Gasteiger partial charge in [0.15, 0.2) is 0 Å². The lowest BCUT2D eigenvalue weighted by Gasteiger charge is -2.21. The Balaban J connectivity index is 1.78. The van der Waals surface area contributed by atoms with Gasteiger partial charge in [0, 0.05) is 11.8 Å². The van der Waals surface area contributed by atoms with E-state index in [1.807, 2.05) is 18.2 Å². The highest BCUT2D eigenvalue weighted by atomic mass is 16.3. The Labute approximate surface area is 142 Å². The first kappa shape index (κ1) is 14.8. The molecule has 0 heterocycles. The van der Waals surface area contributed by atoms with Crippen LogP contribution in [-0.4, -0.2) is 5.11 Å². The third-order valence-corrected chi connectivity index (χ3v) is 4.92. The molecule has 0 spiro atoms. The Bertz CT molecular complexity index is 849. The molecule has 0 saturated heterocycles. The highest BCUT2D eigenvalue weighted by Gasteiger charge is 2.31. The number of rotatable bonds is 3. The molecule has 3 aromatic carbocycles. The molecule has 3 aromatic rings. The van der Waals surface area contributed by atoms with E-state index in [4.69, 9.17) is 0 Å². The zero-order chi connectivity index (χ0) is 16.4. The standard InChI is InChI=1S/C23H20O/c24-23-14-8-7-13-20(23)22-16-19(17-9-3-1-4-10-17)15-21(22)18-11-5-2-6-12-18/h1-15,21-22,24H,16H2. The van der Waals surface area contributed by atoms with Crippen LogP contribution in [0.15, 0.2) is 91.0 Å². The molecule has 0 aromatic heterocycles. The first-order valence-corrected chi connectivity index (χ1v) is 8.42. The first-order chi connectivity index (χ1) is 11.8. The van der Waals surface area contributed by atoms with Crippen LogP contribution in [0, 0.1) is 0 Å². The number of phenolic OH excluding ortho intramolecular Hbond substituents is 1. The van der Waals surface area contributed by atoms with Crippen LogP contribution in [0.1, 0.15) is 34.9 Å². The quantitative estimate of drug-likeness (QED) is 0.653. The molecule has 2 unspecified atom stereocenters. The molecule has 1 heteroatoms. The molecule has 1 aliphatic carbocycles. The molecule has 118 valence electrons. The van der Waals surface area contributed by atoms with E-state index in [0.717, 1.165) is 12.0 Å². The number of hydrogen-bond acceptors (Lipinski definition) is 1. The molecule has 0 amide bonds. The van der Waals surface area contributed by atoms with Gasteiger partial charge in [0.2, 0.25) is 0 Å². The van der Waals surface area contributed by atoms with E-state index in [1.165, 1.54) is 16.7 Å². The van der Waals surface area contributed by atoms with Crippen LogP contribution >= 0.6 is 0 Å². The molecule has 0 fully saturated rings. The second kappa shape index (κ2) is 6.37.